The van der Waals surface area contributed by atoms with E-state index >= 15 is 0 Å². The molecule has 1 unspecified atom stereocenters. The van der Waals surface area contributed by atoms with Gasteiger partial charge in [-0.3, -0.25) is 0 Å². The van der Waals surface area contributed by atoms with Gasteiger partial charge in [0, 0.05) is 6.54 Å². The lowest BCUT2D eigenvalue weighted by atomic mass is 10.3. The Hall–Kier alpha value is -1.05. The minimum atomic E-state index is -4.29. The lowest BCUT2D eigenvalue weighted by Crippen LogP contribution is -2.32. The molecular formula is C10H13F2NO3S. The van der Waals surface area contributed by atoms with Crippen molar-refractivity contribution < 1.29 is 22.3 Å². The van der Waals surface area contributed by atoms with Gasteiger partial charge in [0.05, 0.1) is 6.10 Å². The number of sulfonamides is 1. The zero-order valence-electron chi connectivity index (χ0n) is 9.15. The van der Waals surface area contributed by atoms with Gasteiger partial charge in [-0.15, -0.1) is 0 Å². The zero-order chi connectivity index (χ0) is 13.1. The van der Waals surface area contributed by atoms with Crippen LogP contribution in [0.2, 0.25) is 0 Å². The molecule has 0 spiro atoms. The van der Waals surface area contributed by atoms with Gasteiger partial charge < -0.3 is 5.11 Å². The van der Waals surface area contributed by atoms with E-state index in [1.54, 1.807) is 6.92 Å². The van der Waals surface area contributed by atoms with Crippen molar-refractivity contribution in [2.24, 2.45) is 0 Å². The van der Waals surface area contributed by atoms with E-state index in [2.05, 4.69) is 0 Å². The van der Waals surface area contributed by atoms with Crippen molar-refractivity contribution in [1.29, 1.82) is 0 Å². The molecule has 0 heterocycles. The minimum Gasteiger partial charge on any atom is -0.392 e. The number of aliphatic hydroxyl groups is 1. The van der Waals surface area contributed by atoms with Gasteiger partial charge in [-0.05, 0) is 18.6 Å². The molecule has 96 valence electrons. The van der Waals surface area contributed by atoms with Gasteiger partial charge in [0.2, 0.25) is 10.0 Å². The number of aliphatic hydroxyl groups excluding tert-OH is 1. The summed E-state index contributed by atoms with van der Waals surface area (Å²) in [6.45, 7) is 1.37. The third-order valence-corrected chi connectivity index (χ3v) is 3.64. The molecule has 1 rings (SSSR count). The highest BCUT2D eigenvalue weighted by molar-refractivity contribution is 7.89. The first kappa shape index (κ1) is 14.0. The molecule has 0 bridgehead atoms. The monoisotopic (exact) mass is 265 g/mol. The minimum absolute atomic E-state index is 0.285. The van der Waals surface area contributed by atoms with E-state index in [1.807, 2.05) is 4.72 Å². The average molecular weight is 265 g/mol. The van der Waals surface area contributed by atoms with Crippen LogP contribution >= 0.6 is 0 Å². The third-order valence-electron chi connectivity index (χ3n) is 2.17. The SMILES string of the molecule is CCC(O)CNS(=O)(=O)c1c(F)cccc1F. The summed E-state index contributed by atoms with van der Waals surface area (Å²) in [5, 5.41) is 9.19. The molecule has 0 saturated carbocycles. The van der Waals surface area contributed by atoms with Gasteiger partial charge in [0.25, 0.3) is 0 Å². The number of nitrogens with one attached hydrogen (secondary N) is 1. The Morgan fingerprint density at radius 1 is 1.35 bits per heavy atom. The molecule has 0 aliphatic heterocycles. The Morgan fingerprint density at radius 2 is 1.88 bits per heavy atom. The van der Waals surface area contributed by atoms with Gasteiger partial charge in [-0.25, -0.2) is 21.9 Å². The standard InChI is InChI=1S/C10H13F2NO3S/c1-2-7(14)6-13-17(15,16)10-8(11)4-3-5-9(10)12/h3-5,7,13-14H,2,6H2,1H3. The van der Waals surface area contributed by atoms with E-state index < -0.39 is 32.7 Å². The van der Waals surface area contributed by atoms with Crippen molar-refractivity contribution in [3.63, 3.8) is 0 Å². The molecule has 2 N–H and O–H groups in total. The van der Waals surface area contributed by atoms with E-state index in [-0.39, 0.29) is 6.54 Å². The van der Waals surface area contributed by atoms with Crippen molar-refractivity contribution in [2.45, 2.75) is 24.3 Å². The van der Waals surface area contributed by atoms with Crippen LogP contribution in [0.15, 0.2) is 23.1 Å². The summed E-state index contributed by atoms with van der Waals surface area (Å²) in [6, 6.07) is 2.78. The van der Waals surface area contributed by atoms with Crippen LogP contribution in [0.5, 0.6) is 0 Å². The maximum atomic E-state index is 13.2. The predicted molar refractivity (Wildman–Crippen MR) is 57.8 cm³/mol. The molecule has 4 nitrogen and oxygen atoms in total. The second-order valence-electron chi connectivity index (χ2n) is 3.46. The second-order valence-corrected chi connectivity index (χ2v) is 5.17. The van der Waals surface area contributed by atoms with Crippen LogP contribution in [0.4, 0.5) is 8.78 Å². The molecule has 1 atom stereocenters. The number of benzene rings is 1. The third kappa shape index (κ3) is 3.45. The summed E-state index contributed by atoms with van der Waals surface area (Å²) in [5.41, 5.74) is 0. The van der Waals surface area contributed by atoms with Crippen LogP contribution in [0, 0.1) is 11.6 Å². The molecule has 0 fully saturated rings. The molecule has 7 heteroatoms. The largest absolute Gasteiger partial charge is 0.392 e. The van der Waals surface area contributed by atoms with Gasteiger partial charge in [-0.1, -0.05) is 13.0 Å². The molecule has 1 aromatic carbocycles. The van der Waals surface area contributed by atoms with Gasteiger partial charge >= 0.3 is 0 Å². The number of halogens is 2. The Bertz CT molecular complexity index is 470. The number of rotatable bonds is 5. The fourth-order valence-corrected chi connectivity index (χ4v) is 2.37. The maximum Gasteiger partial charge on any atom is 0.246 e. The molecule has 17 heavy (non-hydrogen) atoms. The Balaban J connectivity index is 2.98. The molecule has 0 aliphatic carbocycles. The highest BCUT2D eigenvalue weighted by Crippen LogP contribution is 2.17. The van der Waals surface area contributed by atoms with E-state index in [9.17, 15) is 22.3 Å². The predicted octanol–water partition coefficient (Wildman–Crippen LogP) is 1.01. The van der Waals surface area contributed by atoms with Crippen LogP contribution in [0.3, 0.4) is 0 Å². The topological polar surface area (TPSA) is 66.4 Å². The molecule has 0 aromatic heterocycles. The van der Waals surface area contributed by atoms with E-state index in [1.165, 1.54) is 0 Å². The zero-order valence-corrected chi connectivity index (χ0v) is 9.97. The quantitative estimate of drug-likeness (QED) is 0.835. The summed E-state index contributed by atoms with van der Waals surface area (Å²) < 4.78 is 51.6. The van der Waals surface area contributed by atoms with Crippen molar-refractivity contribution in [3.05, 3.63) is 29.8 Å². The molecule has 0 aliphatic rings. The fraction of sp³-hybridized carbons (Fsp3) is 0.400. The van der Waals surface area contributed by atoms with Crippen molar-refractivity contribution in [2.75, 3.05) is 6.54 Å². The summed E-state index contributed by atoms with van der Waals surface area (Å²) in [6.07, 6.45) is -0.554. The molecule has 0 saturated heterocycles. The van der Waals surface area contributed by atoms with Crippen molar-refractivity contribution in [1.82, 2.24) is 4.72 Å². The van der Waals surface area contributed by atoms with Crippen LogP contribution in [0.25, 0.3) is 0 Å². The first-order valence-corrected chi connectivity index (χ1v) is 6.48. The maximum absolute atomic E-state index is 13.2. The second kappa shape index (κ2) is 5.52. The van der Waals surface area contributed by atoms with E-state index in [4.69, 9.17) is 0 Å². The fourth-order valence-electron chi connectivity index (χ4n) is 1.16. The lowest BCUT2D eigenvalue weighted by molar-refractivity contribution is 0.174. The van der Waals surface area contributed by atoms with Crippen molar-refractivity contribution in [3.8, 4) is 0 Å². The van der Waals surface area contributed by atoms with Gasteiger partial charge in [0.15, 0.2) is 4.90 Å². The van der Waals surface area contributed by atoms with Crippen LogP contribution in [0.1, 0.15) is 13.3 Å². The smallest absolute Gasteiger partial charge is 0.246 e. The number of hydrogen-bond donors (Lipinski definition) is 2. The van der Waals surface area contributed by atoms with Crippen LogP contribution in [-0.4, -0.2) is 26.2 Å². The Morgan fingerprint density at radius 3 is 2.35 bits per heavy atom. The normalized spacial score (nSPS) is 13.6. The Kier molecular flexibility index (Phi) is 4.55. The van der Waals surface area contributed by atoms with Crippen molar-refractivity contribution >= 4 is 10.0 Å². The molecule has 1 aromatic rings. The van der Waals surface area contributed by atoms with Gasteiger partial charge in [0.1, 0.15) is 11.6 Å². The molecule has 0 radical (unpaired) electrons. The Labute approximate surface area is 98.3 Å². The summed E-state index contributed by atoms with van der Waals surface area (Å²) in [4.78, 5) is -1.02. The summed E-state index contributed by atoms with van der Waals surface area (Å²) in [5.74, 6) is -2.33. The van der Waals surface area contributed by atoms with Crippen LogP contribution < -0.4 is 4.72 Å². The summed E-state index contributed by atoms with van der Waals surface area (Å²) >= 11 is 0. The highest BCUT2D eigenvalue weighted by Gasteiger charge is 2.23. The number of hydrogen-bond acceptors (Lipinski definition) is 3. The first-order valence-electron chi connectivity index (χ1n) is 5.00. The molecule has 0 amide bonds. The highest BCUT2D eigenvalue weighted by atomic mass is 32.2. The first-order chi connectivity index (χ1) is 7.88. The summed E-state index contributed by atoms with van der Waals surface area (Å²) in [7, 11) is -4.29. The molecular weight excluding hydrogens is 252 g/mol. The van der Waals surface area contributed by atoms with Gasteiger partial charge in [-0.2, -0.15) is 0 Å². The van der Waals surface area contributed by atoms with E-state index in [0.717, 1.165) is 18.2 Å². The lowest BCUT2D eigenvalue weighted by Gasteiger charge is -2.11. The van der Waals surface area contributed by atoms with E-state index in [0.29, 0.717) is 6.42 Å². The van der Waals surface area contributed by atoms with Crippen LogP contribution in [-0.2, 0) is 10.0 Å². The average Bonchev–Trinajstić information content (AvgIpc) is 2.25.